The number of amides is 2. The predicted octanol–water partition coefficient (Wildman–Crippen LogP) is 3.67. The van der Waals surface area contributed by atoms with Crippen LogP contribution in [0, 0.1) is 11.8 Å². The molecular formula is C25H30N2O3. The van der Waals surface area contributed by atoms with Gasteiger partial charge in [-0.25, -0.2) is 0 Å². The molecule has 30 heavy (non-hydrogen) atoms. The third kappa shape index (κ3) is 4.50. The number of carbonyl (C=O) groups is 2. The van der Waals surface area contributed by atoms with Crippen molar-refractivity contribution in [2.24, 2.45) is 11.8 Å². The minimum atomic E-state index is -0.239. The third-order valence-corrected chi connectivity index (χ3v) is 6.39. The topological polar surface area (TPSA) is 58.6 Å². The monoisotopic (exact) mass is 406 g/mol. The van der Waals surface area contributed by atoms with E-state index in [0.717, 1.165) is 48.1 Å². The van der Waals surface area contributed by atoms with Crippen molar-refractivity contribution in [2.45, 2.75) is 32.1 Å². The number of benzene rings is 2. The third-order valence-electron chi connectivity index (χ3n) is 6.39. The van der Waals surface area contributed by atoms with Crippen LogP contribution in [-0.4, -0.2) is 43.5 Å². The van der Waals surface area contributed by atoms with Crippen molar-refractivity contribution >= 4 is 11.8 Å². The average Bonchev–Trinajstić information content (AvgIpc) is 3.26. The molecule has 5 heteroatoms. The Bertz CT molecular complexity index is 888. The largest absolute Gasteiger partial charge is 0.497 e. The van der Waals surface area contributed by atoms with Crippen molar-refractivity contribution in [1.82, 2.24) is 10.2 Å². The molecule has 0 aromatic heterocycles. The molecule has 0 radical (unpaired) electrons. The Hall–Kier alpha value is -2.82. The van der Waals surface area contributed by atoms with Gasteiger partial charge in [0.15, 0.2) is 0 Å². The first-order chi connectivity index (χ1) is 14.7. The fourth-order valence-electron chi connectivity index (χ4n) is 4.70. The van der Waals surface area contributed by atoms with Crippen LogP contribution >= 0.6 is 0 Å². The Kier molecular flexibility index (Phi) is 6.36. The number of hydrogen-bond donors (Lipinski definition) is 1. The fraction of sp³-hybridized carbons (Fsp3) is 0.440. The molecule has 1 heterocycles. The number of carbonyl (C=O) groups excluding carboxylic acids is 2. The van der Waals surface area contributed by atoms with Crippen LogP contribution in [0.5, 0.6) is 5.75 Å². The summed E-state index contributed by atoms with van der Waals surface area (Å²) in [5.41, 5.74) is 3.34. The maximum absolute atomic E-state index is 13.0. The van der Waals surface area contributed by atoms with Crippen LogP contribution in [-0.2, 0) is 16.0 Å². The zero-order valence-corrected chi connectivity index (χ0v) is 17.6. The molecule has 2 aromatic carbocycles. The van der Waals surface area contributed by atoms with Crippen LogP contribution in [0.2, 0.25) is 0 Å². The number of methoxy groups -OCH3 is 1. The van der Waals surface area contributed by atoms with Crippen molar-refractivity contribution in [3.05, 3.63) is 54.1 Å². The number of hydrogen-bond acceptors (Lipinski definition) is 3. The highest BCUT2D eigenvalue weighted by Crippen LogP contribution is 2.30. The van der Waals surface area contributed by atoms with E-state index in [-0.39, 0.29) is 23.7 Å². The molecule has 1 N–H and O–H groups in total. The van der Waals surface area contributed by atoms with Crippen LogP contribution in [0.1, 0.15) is 31.2 Å². The molecule has 2 amide bonds. The first-order valence-corrected chi connectivity index (χ1v) is 10.9. The molecule has 1 saturated heterocycles. The molecule has 5 nitrogen and oxygen atoms in total. The van der Waals surface area contributed by atoms with E-state index in [0.29, 0.717) is 26.1 Å². The summed E-state index contributed by atoms with van der Waals surface area (Å²) in [6, 6.07) is 16.2. The molecule has 1 saturated carbocycles. The SMILES string of the molecule is COc1ccc(-c2ccccc2C[C@H]2CN(C(=O)C3CCCC3)CCNC2=O)cc1. The van der Waals surface area contributed by atoms with E-state index in [1.165, 1.54) is 0 Å². The Morgan fingerprint density at radius 2 is 1.83 bits per heavy atom. The predicted molar refractivity (Wildman–Crippen MR) is 117 cm³/mol. The van der Waals surface area contributed by atoms with Crippen molar-refractivity contribution < 1.29 is 14.3 Å². The van der Waals surface area contributed by atoms with Gasteiger partial charge in [0, 0.05) is 25.6 Å². The normalized spacial score (nSPS) is 20.0. The molecule has 158 valence electrons. The van der Waals surface area contributed by atoms with Gasteiger partial charge in [-0.05, 0) is 48.1 Å². The summed E-state index contributed by atoms with van der Waals surface area (Å²) in [7, 11) is 1.66. The molecule has 2 aliphatic rings. The van der Waals surface area contributed by atoms with Crippen molar-refractivity contribution in [1.29, 1.82) is 0 Å². The van der Waals surface area contributed by atoms with Gasteiger partial charge < -0.3 is 15.0 Å². The Balaban J connectivity index is 1.54. The first-order valence-electron chi connectivity index (χ1n) is 10.9. The second-order valence-corrected chi connectivity index (χ2v) is 8.34. The summed E-state index contributed by atoms with van der Waals surface area (Å²) < 4.78 is 5.27. The molecule has 2 fully saturated rings. The second-order valence-electron chi connectivity index (χ2n) is 8.34. The van der Waals surface area contributed by atoms with Gasteiger partial charge in [-0.1, -0.05) is 49.2 Å². The number of nitrogens with zero attached hydrogens (tertiary/aromatic N) is 1. The van der Waals surface area contributed by atoms with Crippen LogP contribution in [0.4, 0.5) is 0 Å². The van der Waals surface area contributed by atoms with E-state index >= 15 is 0 Å². The highest BCUT2D eigenvalue weighted by molar-refractivity contribution is 5.83. The maximum atomic E-state index is 13.0. The molecule has 1 aliphatic heterocycles. The van der Waals surface area contributed by atoms with E-state index in [1.54, 1.807) is 7.11 Å². The van der Waals surface area contributed by atoms with Crippen LogP contribution in [0.25, 0.3) is 11.1 Å². The van der Waals surface area contributed by atoms with Gasteiger partial charge in [0.2, 0.25) is 11.8 Å². The van der Waals surface area contributed by atoms with Gasteiger partial charge >= 0.3 is 0 Å². The van der Waals surface area contributed by atoms with Crippen molar-refractivity contribution in [3.8, 4) is 16.9 Å². The summed E-state index contributed by atoms with van der Waals surface area (Å²) >= 11 is 0. The van der Waals surface area contributed by atoms with E-state index < -0.39 is 0 Å². The highest BCUT2D eigenvalue weighted by Gasteiger charge is 2.32. The lowest BCUT2D eigenvalue weighted by Crippen LogP contribution is -2.40. The molecule has 1 atom stereocenters. The minimum Gasteiger partial charge on any atom is -0.497 e. The minimum absolute atomic E-state index is 0.0428. The van der Waals surface area contributed by atoms with Gasteiger partial charge in [0.1, 0.15) is 5.75 Å². The van der Waals surface area contributed by atoms with E-state index in [9.17, 15) is 9.59 Å². The first kappa shape index (κ1) is 20.5. The Labute approximate surface area is 178 Å². The summed E-state index contributed by atoms with van der Waals surface area (Å²) in [6.07, 6.45) is 4.87. The van der Waals surface area contributed by atoms with Gasteiger partial charge in [0.05, 0.1) is 13.0 Å². The van der Waals surface area contributed by atoms with Gasteiger partial charge in [0.25, 0.3) is 0 Å². The Morgan fingerprint density at radius 1 is 1.10 bits per heavy atom. The zero-order chi connectivity index (χ0) is 20.9. The van der Waals surface area contributed by atoms with Crippen LogP contribution in [0.15, 0.2) is 48.5 Å². The lowest BCUT2D eigenvalue weighted by atomic mass is 9.91. The van der Waals surface area contributed by atoms with Gasteiger partial charge in [-0.2, -0.15) is 0 Å². The van der Waals surface area contributed by atoms with E-state index in [2.05, 4.69) is 17.4 Å². The van der Waals surface area contributed by atoms with Crippen molar-refractivity contribution in [3.63, 3.8) is 0 Å². The van der Waals surface area contributed by atoms with E-state index in [4.69, 9.17) is 4.74 Å². The van der Waals surface area contributed by atoms with Crippen LogP contribution in [0.3, 0.4) is 0 Å². The molecule has 0 spiro atoms. The molecule has 1 aliphatic carbocycles. The average molecular weight is 407 g/mol. The highest BCUT2D eigenvalue weighted by atomic mass is 16.5. The zero-order valence-electron chi connectivity index (χ0n) is 17.6. The van der Waals surface area contributed by atoms with E-state index in [1.807, 2.05) is 41.3 Å². The molecule has 0 bridgehead atoms. The summed E-state index contributed by atoms with van der Waals surface area (Å²) in [5, 5.41) is 3.02. The smallest absolute Gasteiger partial charge is 0.225 e. The number of ether oxygens (including phenoxy) is 1. The molecular weight excluding hydrogens is 376 g/mol. The fourth-order valence-corrected chi connectivity index (χ4v) is 4.70. The molecule has 0 unspecified atom stereocenters. The molecule has 4 rings (SSSR count). The standard InChI is InChI=1S/C25H30N2O3/c1-30-22-12-10-18(11-13-22)23-9-5-4-8-20(23)16-21-17-27(15-14-26-24(21)28)25(29)19-6-2-3-7-19/h4-5,8-13,19,21H,2-3,6-7,14-17H2,1H3,(H,26,28)/t21-/m0/s1. The van der Waals surface area contributed by atoms with Crippen LogP contribution < -0.4 is 10.1 Å². The van der Waals surface area contributed by atoms with Gasteiger partial charge in [-0.15, -0.1) is 0 Å². The number of nitrogens with one attached hydrogen (secondary N) is 1. The lowest BCUT2D eigenvalue weighted by Gasteiger charge is -2.26. The second kappa shape index (κ2) is 9.33. The maximum Gasteiger partial charge on any atom is 0.225 e. The summed E-state index contributed by atoms with van der Waals surface area (Å²) in [6.45, 7) is 1.64. The van der Waals surface area contributed by atoms with Gasteiger partial charge in [-0.3, -0.25) is 9.59 Å². The summed E-state index contributed by atoms with van der Waals surface area (Å²) in [5.74, 6) is 1.00. The lowest BCUT2D eigenvalue weighted by molar-refractivity contribution is -0.136. The molecule has 2 aromatic rings. The number of rotatable bonds is 5. The van der Waals surface area contributed by atoms with Crippen molar-refractivity contribution in [2.75, 3.05) is 26.7 Å². The summed E-state index contributed by atoms with van der Waals surface area (Å²) in [4.78, 5) is 27.7. The quantitative estimate of drug-likeness (QED) is 0.824. The Morgan fingerprint density at radius 3 is 2.57 bits per heavy atom.